The van der Waals surface area contributed by atoms with Gasteiger partial charge in [0.2, 0.25) is 0 Å². The minimum absolute atomic E-state index is 0.304. The van der Waals surface area contributed by atoms with Crippen molar-refractivity contribution in [2.75, 3.05) is 14.2 Å². The van der Waals surface area contributed by atoms with Gasteiger partial charge in [-0.2, -0.15) is 0 Å². The van der Waals surface area contributed by atoms with Crippen LogP contribution in [-0.4, -0.2) is 31.1 Å². The van der Waals surface area contributed by atoms with Gasteiger partial charge in [0.15, 0.2) is 5.78 Å². The lowest BCUT2D eigenvalue weighted by Gasteiger charge is -2.06. The van der Waals surface area contributed by atoms with E-state index in [9.17, 15) is 9.59 Å². The van der Waals surface area contributed by atoms with Crippen LogP contribution in [0.15, 0.2) is 30.4 Å². The van der Waals surface area contributed by atoms with Gasteiger partial charge < -0.3 is 14.6 Å². The van der Waals surface area contributed by atoms with Crippen molar-refractivity contribution < 1.29 is 24.2 Å². The molecule has 1 N–H and O–H groups in total. The number of hydrogen-bond acceptors (Lipinski definition) is 4. The Morgan fingerprint density at radius 3 is 2.00 bits per heavy atom. The molecule has 0 aliphatic heterocycles. The molecule has 0 aliphatic rings. The van der Waals surface area contributed by atoms with Gasteiger partial charge in [0.1, 0.15) is 11.5 Å². The van der Waals surface area contributed by atoms with Crippen LogP contribution in [0.5, 0.6) is 11.5 Å². The number of carboxylic acid groups (broad SMARTS) is 1. The zero-order valence-electron chi connectivity index (χ0n) is 9.47. The Labute approximate surface area is 98.3 Å². The lowest BCUT2D eigenvalue weighted by molar-refractivity contribution is -0.131. The zero-order chi connectivity index (χ0) is 12.8. The number of carboxylic acids is 1. The Bertz CT molecular complexity index is 440. The van der Waals surface area contributed by atoms with Crippen molar-refractivity contribution in [2.45, 2.75) is 0 Å². The molecule has 5 nitrogen and oxygen atoms in total. The number of carbonyl (C=O) groups excluding carboxylic acids is 1. The van der Waals surface area contributed by atoms with Crippen molar-refractivity contribution in [1.29, 1.82) is 0 Å². The normalized spacial score (nSPS) is 10.2. The van der Waals surface area contributed by atoms with Gasteiger partial charge in [0.25, 0.3) is 0 Å². The first-order valence-corrected chi connectivity index (χ1v) is 4.75. The van der Waals surface area contributed by atoms with Crippen molar-refractivity contribution in [1.82, 2.24) is 0 Å². The van der Waals surface area contributed by atoms with Crippen LogP contribution in [0.4, 0.5) is 0 Å². The van der Waals surface area contributed by atoms with Gasteiger partial charge in [-0.05, 0) is 18.2 Å². The SMILES string of the molecule is COc1cc(OC)cc(C(=O)C=CC(=O)O)c1. The quantitative estimate of drug-likeness (QED) is 0.620. The van der Waals surface area contributed by atoms with Gasteiger partial charge in [-0.3, -0.25) is 4.79 Å². The van der Waals surface area contributed by atoms with Crippen LogP contribution in [0.3, 0.4) is 0 Å². The van der Waals surface area contributed by atoms with Crippen LogP contribution < -0.4 is 9.47 Å². The summed E-state index contributed by atoms with van der Waals surface area (Å²) in [6, 6.07) is 4.64. The third kappa shape index (κ3) is 3.64. The first kappa shape index (κ1) is 12.8. The highest BCUT2D eigenvalue weighted by Crippen LogP contribution is 2.22. The second-order valence-corrected chi connectivity index (χ2v) is 3.14. The highest BCUT2D eigenvalue weighted by atomic mass is 16.5. The maximum absolute atomic E-state index is 11.6. The third-order valence-corrected chi connectivity index (χ3v) is 2.01. The van der Waals surface area contributed by atoms with E-state index < -0.39 is 11.8 Å². The van der Waals surface area contributed by atoms with Gasteiger partial charge in [-0.15, -0.1) is 0 Å². The maximum Gasteiger partial charge on any atom is 0.328 e. The van der Waals surface area contributed by atoms with E-state index in [1.807, 2.05) is 0 Å². The lowest BCUT2D eigenvalue weighted by Crippen LogP contribution is -1.98. The predicted molar refractivity (Wildman–Crippen MR) is 60.7 cm³/mol. The van der Waals surface area contributed by atoms with Crippen molar-refractivity contribution >= 4 is 11.8 Å². The smallest absolute Gasteiger partial charge is 0.328 e. The molecule has 90 valence electrons. The first-order valence-electron chi connectivity index (χ1n) is 4.75. The summed E-state index contributed by atoms with van der Waals surface area (Å²) < 4.78 is 10.0. The summed E-state index contributed by atoms with van der Waals surface area (Å²) in [4.78, 5) is 21.9. The topological polar surface area (TPSA) is 72.8 Å². The number of carbonyl (C=O) groups is 2. The van der Waals surface area contributed by atoms with Crippen molar-refractivity contribution in [3.8, 4) is 11.5 Å². The van der Waals surface area contributed by atoms with Crippen molar-refractivity contribution in [2.24, 2.45) is 0 Å². The summed E-state index contributed by atoms with van der Waals surface area (Å²) in [5.41, 5.74) is 0.304. The molecule has 0 aliphatic carbocycles. The minimum Gasteiger partial charge on any atom is -0.497 e. The number of rotatable bonds is 5. The van der Waals surface area contributed by atoms with E-state index in [0.717, 1.165) is 12.2 Å². The second-order valence-electron chi connectivity index (χ2n) is 3.14. The highest BCUT2D eigenvalue weighted by Gasteiger charge is 2.07. The van der Waals surface area contributed by atoms with Crippen LogP contribution in [0.1, 0.15) is 10.4 Å². The Morgan fingerprint density at radius 1 is 1.06 bits per heavy atom. The summed E-state index contributed by atoms with van der Waals surface area (Å²) in [5, 5.41) is 8.42. The largest absolute Gasteiger partial charge is 0.497 e. The second kappa shape index (κ2) is 5.69. The molecule has 0 saturated heterocycles. The van der Waals surface area contributed by atoms with E-state index in [-0.39, 0.29) is 0 Å². The monoisotopic (exact) mass is 236 g/mol. The van der Waals surface area contributed by atoms with E-state index >= 15 is 0 Å². The number of benzene rings is 1. The van der Waals surface area contributed by atoms with E-state index in [0.29, 0.717) is 17.1 Å². The van der Waals surface area contributed by atoms with Crippen LogP contribution in [0, 0.1) is 0 Å². The fraction of sp³-hybridized carbons (Fsp3) is 0.167. The zero-order valence-corrected chi connectivity index (χ0v) is 9.47. The first-order chi connectivity index (χ1) is 8.06. The number of ketones is 1. The summed E-state index contributed by atoms with van der Waals surface area (Å²) in [7, 11) is 2.94. The molecule has 5 heteroatoms. The van der Waals surface area contributed by atoms with E-state index in [1.165, 1.54) is 26.4 Å². The van der Waals surface area contributed by atoms with Gasteiger partial charge in [-0.25, -0.2) is 4.79 Å². The van der Waals surface area contributed by atoms with Crippen LogP contribution in [-0.2, 0) is 4.79 Å². The summed E-state index contributed by atoms with van der Waals surface area (Å²) >= 11 is 0. The molecule has 0 fully saturated rings. The fourth-order valence-corrected chi connectivity index (χ4v) is 1.19. The predicted octanol–water partition coefficient (Wildman–Crippen LogP) is 1.53. The number of ether oxygens (including phenoxy) is 2. The van der Waals surface area contributed by atoms with E-state index in [1.54, 1.807) is 6.07 Å². The molecular formula is C12H12O5. The molecule has 1 aromatic rings. The molecule has 0 saturated carbocycles. The standard InChI is InChI=1S/C12H12O5/c1-16-9-5-8(6-10(7-9)17-2)11(13)3-4-12(14)15/h3-7H,1-2H3,(H,14,15). The minimum atomic E-state index is -1.17. The molecular weight excluding hydrogens is 224 g/mol. The summed E-state index contributed by atoms with van der Waals surface area (Å²) in [6.07, 6.45) is 1.77. The fourth-order valence-electron chi connectivity index (χ4n) is 1.19. The third-order valence-electron chi connectivity index (χ3n) is 2.01. The number of methoxy groups -OCH3 is 2. The highest BCUT2D eigenvalue weighted by molar-refractivity contribution is 6.07. The van der Waals surface area contributed by atoms with Crippen molar-refractivity contribution in [3.05, 3.63) is 35.9 Å². The molecule has 0 bridgehead atoms. The van der Waals surface area contributed by atoms with E-state index in [4.69, 9.17) is 14.6 Å². The molecule has 0 heterocycles. The molecule has 0 atom stereocenters. The maximum atomic E-state index is 11.6. The number of hydrogen-bond donors (Lipinski definition) is 1. The van der Waals surface area contributed by atoms with Gasteiger partial charge in [0.05, 0.1) is 14.2 Å². The number of allylic oxidation sites excluding steroid dienone is 1. The summed E-state index contributed by atoms with van der Waals surface area (Å²) in [6.45, 7) is 0. The van der Waals surface area contributed by atoms with Crippen LogP contribution in [0.2, 0.25) is 0 Å². The molecule has 0 aromatic heterocycles. The molecule has 1 rings (SSSR count). The molecule has 1 aromatic carbocycles. The Morgan fingerprint density at radius 2 is 1.59 bits per heavy atom. The molecule has 0 radical (unpaired) electrons. The van der Waals surface area contributed by atoms with Crippen LogP contribution in [0.25, 0.3) is 0 Å². The lowest BCUT2D eigenvalue weighted by atomic mass is 10.1. The van der Waals surface area contributed by atoms with Gasteiger partial charge in [-0.1, -0.05) is 0 Å². The summed E-state index contributed by atoms with van der Waals surface area (Å²) in [5.74, 6) is -0.661. The van der Waals surface area contributed by atoms with Gasteiger partial charge >= 0.3 is 5.97 Å². The average Bonchev–Trinajstić information content (AvgIpc) is 2.34. The number of aliphatic carboxylic acids is 1. The molecule has 0 unspecified atom stereocenters. The Balaban J connectivity index is 3.04. The Kier molecular flexibility index (Phi) is 4.28. The Hall–Kier alpha value is -2.30. The molecule has 17 heavy (non-hydrogen) atoms. The van der Waals surface area contributed by atoms with Crippen LogP contribution >= 0.6 is 0 Å². The van der Waals surface area contributed by atoms with E-state index in [2.05, 4.69) is 0 Å². The van der Waals surface area contributed by atoms with Crippen molar-refractivity contribution in [3.63, 3.8) is 0 Å². The average molecular weight is 236 g/mol. The van der Waals surface area contributed by atoms with Gasteiger partial charge in [0, 0.05) is 17.7 Å². The molecule has 0 spiro atoms. The molecule has 0 amide bonds.